The Kier molecular flexibility index (Phi) is 9.56. The van der Waals surface area contributed by atoms with Gasteiger partial charge in [0.15, 0.2) is 0 Å². The monoisotopic (exact) mass is 635 g/mol. The number of pyridine rings is 1. The van der Waals surface area contributed by atoms with E-state index in [0.29, 0.717) is 41.4 Å². The normalized spacial score (nSPS) is 16.0. The average molecular weight is 636 g/mol. The Morgan fingerprint density at radius 2 is 1.89 bits per heavy atom. The molecule has 0 spiro atoms. The van der Waals surface area contributed by atoms with Gasteiger partial charge in [-0.1, -0.05) is 23.7 Å². The molecule has 14 heteroatoms. The van der Waals surface area contributed by atoms with Crippen molar-refractivity contribution >= 4 is 34.4 Å². The van der Waals surface area contributed by atoms with Crippen LogP contribution in [-0.2, 0) is 29.2 Å². The third-order valence-corrected chi connectivity index (χ3v) is 7.64. The van der Waals surface area contributed by atoms with E-state index < -0.39 is 24.0 Å². The highest BCUT2D eigenvalue weighted by molar-refractivity contribution is 6.30. The van der Waals surface area contributed by atoms with Crippen LogP contribution in [0.4, 0.5) is 23.4 Å². The van der Waals surface area contributed by atoms with E-state index in [-0.39, 0.29) is 49.3 Å². The number of hydrogen-bond donors (Lipinski definition) is 0. The molecular formula is C30H30ClF4N5O4. The minimum absolute atomic E-state index is 0.0762. The second-order valence-corrected chi connectivity index (χ2v) is 10.6. The fourth-order valence-electron chi connectivity index (χ4n) is 5.13. The summed E-state index contributed by atoms with van der Waals surface area (Å²) in [5.41, 5.74) is 1.72. The summed E-state index contributed by atoms with van der Waals surface area (Å²) in [6, 6.07) is 12.0. The minimum atomic E-state index is -4.54. The summed E-state index contributed by atoms with van der Waals surface area (Å²) >= 11 is 5.80. The lowest BCUT2D eigenvalue weighted by molar-refractivity contribution is -0.186. The third kappa shape index (κ3) is 7.06. The standard InChI is InChI=1S/C30H30ClF4N5O4/c1-42-13-12-40-24-14-19(29(41)43-2)7-9-23(24)36-27(40)17-38-10-11-39(16-25(38)30(33,34)35)26-4-3-5-28(37-26)44-18-20-6-8-21(31)15-22(20)32/h3-9,14-15,25H,10-13,16-18H2,1-2H3/t25-/m0/s1. The predicted octanol–water partition coefficient (Wildman–Crippen LogP) is 5.49. The number of imidazole rings is 1. The average Bonchev–Trinajstić information content (AvgIpc) is 3.34. The number of hydrogen-bond acceptors (Lipinski definition) is 8. The van der Waals surface area contributed by atoms with E-state index in [1.807, 2.05) is 0 Å². The number of aromatic nitrogens is 3. The Morgan fingerprint density at radius 1 is 1.07 bits per heavy atom. The number of fused-ring (bicyclic) bond motifs is 1. The molecule has 0 N–H and O–H groups in total. The lowest BCUT2D eigenvalue weighted by Crippen LogP contribution is -2.59. The molecule has 2 aromatic carbocycles. The summed E-state index contributed by atoms with van der Waals surface area (Å²) in [6.45, 7) is 0.410. The van der Waals surface area contributed by atoms with Crippen LogP contribution in [0.25, 0.3) is 11.0 Å². The van der Waals surface area contributed by atoms with Crippen LogP contribution < -0.4 is 9.64 Å². The molecular weight excluding hydrogens is 606 g/mol. The fourth-order valence-corrected chi connectivity index (χ4v) is 5.29. The van der Waals surface area contributed by atoms with Crippen LogP contribution in [-0.4, -0.2) is 78.1 Å². The van der Waals surface area contributed by atoms with Gasteiger partial charge in [-0.3, -0.25) is 4.90 Å². The van der Waals surface area contributed by atoms with Crippen molar-refractivity contribution < 1.29 is 36.6 Å². The van der Waals surface area contributed by atoms with Gasteiger partial charge in [-0.15, -0.1) is 0 Å². The van der Waals surface area contributed by atoms with Gasteiger partial charge in [0.25, 0.3) is 0 Å². The number of nitrogens with zero attached hydrogens (tertiary/aromatic N) is 5. The molecule has 1 atom stereocenters. The van der Waals surface area contributed by atoms with Crippen molar-refractivity contribution in [3.05, 3.63) is 82.4 Å². The summed E-state index contributed by atoms with van der Waals surface area (Å²) in [7, 11) is 2.81. The molecule has 234 valence electrons. The maximum atomic E-state index is 14.5. The number of methoxy groups -OCH3 is 2. The Bertz CT molecular complexity index is 1630. The molecule has 0 radical (unpaired) electrons. The number of rotatable bonds is 10. The zero-order valence-corrected chi connectivity index (χ0v) is 24.7. The van der Waals surface area contributed by atoms with Gasteiger partial charge in [-0.05, 0) is 36.4 Å². The summed E-state index contributed by atoms with van der Waals surface area (Å²) in [4.78, 5) is 24.0. The Hall–Kier alpha value is -3.94. The van der Waals surface area contributed by atoms with Crippen LogP contribution in [0.5, 0.6) is 5.88 Å². The number of halogens is 5. The van der Waals surface area contributed by atoms with Gasteiger partial charge in [-0.2, -0.15) is 18.2 Å². The molecule has 0 aliphatic carbocycles. The molecule has 3 heterocycles. The van der Waals surface area contributed by atoms with Crippen LogP contribution in [0.2, 0.25) is 5.02 Å². The van der Waals surface area contributed by atoms with E-state index in [2.05, 4.69) is 9.97 Å². The van der Waals surface area contributed by atoms with Gasteiger partial charge >= 0.3 is 12.1 Å². The van der Waals surface area contributed by atoms with E-state index >= 15 is 0 Å². The summed E-state index contributed by atoms with van der Waals surface area (Å²) in [5, 5.41) is 0.254. The van der Waals surface area contributed by atoms with Crippen molar-refractivity contribution in [1.82, 2.24) is 19.4 Å². The van der Waals surface area contributed by atoms with Crippen molar-refractivity contribution in [2.45, 2.75) is 31.9 Å². The smallest absolute Gasteiger partial charge is 0.405 e. The fraction of sp³-hybridized carbons (Fsp3) is 0.367. The Morgan fingerprint density at radius 3 is 2.61 bits per heavy atom. The molecule has 2 aromatic heterocycles. The summed E-state index contributed by atoms with van der Waals surface area (Å²) in [6.07, 6.45) is -4.54. The van der Waals surface area contributed by atoms with Gasteiger partial charge in [0.05, 0.1) is 36.9 Å². The third-order valence-electron chi connectivity index (χ3n) is 7.40. The Labute approximate surface area is 255 Å². The predicted molar refractivity (Wildman–Crippen MR) is 155 cm³/mol. The molecule has 9 nitrogen and oxygen atoms in total. The first-order valence-corrected chi connectivity index (χ1v) is 14.1. The second-order valence-electron chi connectivity index (χ2n) is 10.2. The van der Waals surface area contributed by atoms with Crippen molar-refractivity contribution in [3.63, 3.8) is 0 Å². The lowest BCUT2D eigenvalue weighted by atomic mass is 10.1. The zero-order valence-electron chi connectivity index (χ0n) is 24.0. The molecule has 4 aromatic rings. The highest BCUT2D eigenvalue weighted by Crippen LogP contribution is 2.32. The van der Waals surface area contributed by atoms with Crippen molar-refractivity contribution in [3.8, 4) is 5.88 Å². The first kappa shape index (κ1) is 31.5. The van der Waals surface area contributed by atoms with Crippen molar-refractivity contribution in [1.29, 1.82) is 0 Å². The minimum Gasteiger partial charge on any atom is -0.473 e. The maximum absolute atomic E-state index is 14.5. The van der Waals surface area contributed by atoms with Crippen molar-refractivity contribution in [2.24, 2.45) is 0 Å². The van der Waals surface area contributed by atoms with Crippen LogP contribution in [0.3, 0.4) is 0 Å². The molecule has 1 aliphatic rings. The quantitative estimate of drug-likeness (QED) is 0.167. The van der Waals surface area contributed by atoms with Crippen LogP contribution in [0, 0.1) is 5.82 Å². The number of ether oxygens (including phenoxy) is 3. The van der Waals surface area contributed by atoms with Crippen molar-refractivity contribution in [2.75, 3.05) is 45.4 Å². The SMILES string of the molecule is COCCn1c(CN2CCN(c3cccc(OCc4ccc(Cl)cc4F)n3)C[C@H]2C(F)(F)F)nc2ccc(C(=O)OC)cc21. The van der Waals surface area contributed by atoms with Crippen LogP contribution in [0.1, 0.15) is 21.7 Å². The largest absolute Gasteiger partial charge is 0.473 e. The molecule has 5 rings (SSSR count). The second kappa shape index (κ2) is 13.4. The van der Waals surface area contributed by atoms with Gasteiger partial charge in [0, 0.05) is 49.9 Å². The summed E-state index contributed by atoms with van der Waals surface area (Å²) in [5.74, 6) is -0.166. The van der Waals surface area contributed by atoms with E-state index in [9.17, 15) is 22.4 Å². The first-order chi connectivity index (χ1) is 21.1. The number of benzene rings is 2. The number of piperazine rings is 1. The van der Waals surface area contributed by atoms with Gasteiger partial charge < -0.3 is 23.7 Å². The first-order valence-electron chi connectivity index (χ1n) is 13.7. The van der Waals surface area contributed by atoms with E-state index in [1.54, 1.807) is 45.9 Å². The molecule has 0 saturated carbocycles. The van der Waals surface area contributed by atoms with Crippen LogP contribution >= 0.6 is 11.6 Å². The van der Waals surface area contributed by atoms with E-state index in [1.165, 1.54) is 37.3 Å². The highest BCUT2D eigenvalue weighted by Gasteiger charge is 2.47. The molecule has 0 unspecified atom stereocenters. The highest BCUT2D eigenvalue weighted by atomic mass is 35.5. The number of carbonyl (C=O) groups is 1. The maximum Gasteiger partial charge on any atom is 0.405 e. The van der Waals surface area contributed by atoms with E-state index in [4.69, 9.17) is 25.8 Å². The molecule has 44 heavy (non-hydrogen) atoms. The number of esters is 1. The van der Waals surface area contributed by atoms with Gasteiger partial charge in [-0.25, -0.2) is 14.2 Å². The Balaban J connectivity index is 1.35. The number of anilines is 1. The van der Waals surface area contributed by atoms with E-state index in [0.717, 1.165) is 0 Å². The molecule has 1 saturated heterocycles. The number of carbonyl (C=O) groups excluding carboxylic acids is 1. The molecule has 0 bridgehead atoms. The molecule has 1 aliphatic heterocycles. The zero-order chi connectivity index (χ0) is 31.4. The van der Waals surface area contributed by atoms with Gasteiger partial charge in [0.1, 0.15) is 30.1 Å². The summed E-state index contributed by atoms with van der Waals surface area (Å²) < 4.78 is 75.0. The topological polar surface area (TPSA) is 82.0 Å². The van der Waals surface area contributed by atoms with Gasteiger partial charge in [0.2, 0.25) is 5.88 Å². The lowest BCUT2D eigenvalue weighted by Gasteiger charge is -2.42. The molecule has 0 amide bonds. The molecule has 1 fully saturated rings. The number of alkyl halides is 3. The van der Waals surface area contributed by atoms with Crippen LogP contribution in [0.15, 0.2) is 54.6 Å².